The first-order chi connectivity index (χ1) is 7.79. The van der Waals surface area contributed by atoms with Gasteiger partial charge in [0, 0.05) is 31.2 Å². The molecule has 1 aromatic rings. The highest BCUT2D eigenvalue weighted by Crippen LogP contribution is 2.21. The van der Waals surface area contributed by atoms with E-state index in [1.807, 2.05) is 19.1 Å². The number of para-hydroxylation sites is 1. The largest absolute Gasteiger partial charge is 0.494 e. The van der Waals surface area contributed by atoms with Crippen LogP contribution in [0.1, 0.15) is 18.9 Å². The molecule has 1 aliphatic heterocycles. The van der Waals surface area contributed by atoms with E-state index in [-0.39, 0.29) is 0 Å². The second-order valence-electron chi connectivity index (χ2n) is 4.32. The number of hydrogen-bond acceptors (Lipinski definition) is 3. The van der Waals surface area contributed by atoms with Crippen molar-refractivity contribution < 1.29 is 4.74 Å². The molecule has 3 nitrogen and oxygen atoms in total. The van der Waals surface area contributed by atoms with Crippen LogP contribution in [0.3, 0.4) is 0 Å². The van der Waals surface area contributed by atoms with Crippen molar-refractivity contribution in [2.24, 2.45) is 5.73 Å². The van der Waals surface area contributed by atoms with Gasteiger partial charge in [0.05, 0.1) is 6.61 Å². The van der Waals surface area contributed by atoms with Gasteiger partial charge in [0.1, 0.15) is 5.75 Å². The summed E-state index contributed by atoms with van der Waals surface area (Å²) in [6.07, 6.45) is 1.11. The van der Waals surface area contributed by atoms with Gasteiger partial charge in [-0.2, -0.15) is 0 Å². The van der Waals surface area contributed by atoms with Crippen LogP contribution in [0, 0.1) is 0 Å². The number of nitrogens with two attached hydrogens (primary N) is 1. The van der Waals surface area contributed by atoms with Crippen LogP contribution >= 0.6 is 0 Å². The zero-order valence-electron chi connectivity index (χ0n) is 9.86. The van der Waals surface area contributed by atoms with Crippen LogP contribution in [0.5, 0.6) is 5.75 Å². The van der Waals surface area contributed by atoms with Crippen molar-refractivity contribution in [1.82, 2.24) is 4.90 Å². The minimum Gasteiger partial charge on any atom is -0.494 e. The van der Waals surface area contributed by atoms with E-state index in [2.05, 4.69) is 17.0 Å². The Bertz CT molecular complexity index is 340. The standard InChI is InChI=1S/C13H20N2O/c1-2-16-13-6-4-3-5-11(13)9-15-8-7-12(14)10-15/h3-6,12H,2,7-10,14H2,1H3/t12-/m1/s1. The lowest BCUT2D eigenvalue weighted by Gasteiger charge is -2.17. The monoisotopic (exact) mass is 220 g/mol. The molecule has 0 radical (unpaired) electrons. The van der Waals surface area contributed by atoms with E-state index < -0.39 is 0 Å². The van der Waals surface area contributed by atoms with E-state index in [1.54, 1.807) is 0 Å². The fraction of sp³-hybridized carbons (Fsp3) is 0.538. The third-order valence-corrected chi connectivity index (χ3v) is 2.98. The molecule has 0 aliphatic carbocycles. The Morgan fingerprint density at radius 3 is 2.94 bits per heavy atom. The molecule has 0 bridgehead atoms. The maximum atomic E-state index is 5.90. The first kappa shape index (κ1) is 11.4. The predicted molar refractivity (Wildman–Crippen MR) is 65.5 cm³/mol. The molecule has 1 heterocycles. The quantitative estimate of drug-likeness (QED) is 0.838. The summed E-state index contributed by atoms with van der Waals surface area (Å²) in [5, 5.41) is 0. The van der Waals surface area contributed by atoms with Gasteiger partial charge in [0.2, 0.25) is 0 Å². The lowest BCUT2D eigenvalue weighted by atomic mass is 10.2. The van der Waals surface area contributed by atoms with Gasteiger partial charge < -0.3 is 10.5 Å². The average molecular weight is 220 g/mol. The average Bonchev–Trinajstić information content (AvgIpc) is 2.67. The maximum absolute atomic E-state index is 5.90. The Kier molecular flexibility index (Phi) is 3.80. The van der Waals surface area contributed by atoms with E-state index >= 15 is 0 Å². The predicted octanol–water partition coefficient (Wildman–Crippen LogP) is 1.62. The van der Waals surface area contributed by atoms with Crippen molar-refractivity contribution in [3.8, 4) is 5.75 Å². The molecule has 3 heteroatoms. The zero-order valence-corrected chi connectivity index (χ0v) is 9.86. The Hall–Kier alpha value is -1.06. The molecule has 1 aromatic carbocycles. The smallest absolute Gasteiger partial charge is 0.123 e. The molecule has 88 valence electrons. The van der Waals surface area contributed by atoms with E-state index in [0.717, 1.165) is 38.4 Å². The molecule has 2 rings (SSSR count). The normalized spacial score (nSPS) is 21.2. The second kappa shape index (κ2) is 5.32. The molecule has 0 saturated carbocycles. The lowest BCUT2D eigenvalue weighted by Crippen LogP contribution is -2.26. The lowest BCUT2D eigenvalue weighted by molar-refractivity contribution is 0.302. The molecular formula is C13H20N2O. The number of nitrogens with zero attached hydrogens (tertiary/aromatic N) is 1. The topological polar surface area (TPSA) is 38.5 Å². The summed E-state index contributed by atoms with van der Waals surface area (Å²) in [5.41, 5.74) is 7.17. The van der Waals surface area contributed by atoms with Gasteiger partial charge in [0.25, 0.3) is 0 Å². The number of hydrogen-bond donors (Lipinski definition) is 1. The Labute approximate surface area is 97.2 Å². The van der Waals surface area contributed by atoms with Crippen LogP contribution in [-0.4, -0.2) is 30.6 Å². The molecule has 0 spiro atoms. The highest BCUT2D eigenvalue weighted by molar-refractivity contribution is 5.33. The fourth-order valence-corrected chi connectivity index (χ4v) is 2.18. The molecule has 1 saturated heterocycles. The molecule has 16 heavy (non-hydrogen) atoms. The van der Waals surface area contributed by atoms with Crippen molar-refractivity contribution in [3.63, 3.8) is 0 Å². The summed E-state index contributed by atoms with van der Waals surface area (Å²) in [5.74, 6) is 1.01. The molecule has 1 fully saturated rings. The van der Waals surface area contributed by atoms with Gasteiger partial charge in [-0.3, -0.25) is 4.90 Å². The summed E-state index contributed by atoms with van der Waals surface area (Å²) < 4.78 is 5.62. The van der Waals surface area contributed by atoms with Crippen molar-refractivity contribution in [1.29, 1.82) is 0 Å². The minimum atomic E-state index is 0.347. The van der Waals surface area contributed by atoms with Gasteiger partial charge >= 0.3 is 0 Å². The van der Waals surface area contributed by atoms with Crippen molar-refractivity contribution >= 4 is 0 Å². The third-order valence-electron chi connectivity index (χ3n) is 2.98. The number of benzene rings is 1. The molecule has 0 amide bonds. The highest BCUT2D eigenvalue weighted by Gasteiger charge is 2.19. The summed E-state index contributed by atoms with van der Waals surface area (Å²) >= 11 is 0. The van der Waals surface area contributed by atoms with Crippen molar-refractivity contribution in [3.05, 3.63) is 29.8 Å². The summed E-state index contributed by atoms with van der Waals surface area (Å²) in [7, 11) is 0. The minimum absolute atomic E-state index is 0.347. The molecule has 0 unspecified atom stereocenters. The Balaban J connectivity index is 2.02. The Morgan fingerprint density at radius 1 is 1.44 bits per heavy atom. The van der Waals surface area contributed by atoms with E-state index in [9.17, 15) is 0 Å². The second-order valence-corrected chi connectivity index (χ2v) is 4.32. The van der Waals surface area contributed by atoms with Gasteiger partial charge in [-0.1, -0.05) is 18.2 Å². The molecular weight excluding hydrogens is 200 g/mol. The van der Waals surface area contributed by atoms with Crippen LogP contribution in [0.15, 0.2) is 24.3 Å². The number of rotatable bonds is 4. The fourth-order valence-electron chi connectivity index (χ4n) is 2.18. The molecule has 2 N–H and O–H groups in total. The van der Waals surface area contributed by atoms with Gasteiger partial charge in [-0.15, -0.1) is 0 Å². The highest BCUT2D eigenvalue weighted by atomic mass is 16.5. The van der Waals surface area contributed by atoms with Gasteiger partial charge in [-0.25, -0.2) is 0 Å². The van der Waals surface area contributed by atoms with E-state index in [1.165, 1.54) is 5.56 Å². The van der Waals surface area contributed by atoms with Crippen molar-refractivity contribution in [2.45, 2.75) is 25.9 Å². The molecule has 0 aromatic heterocycles. The number of likely N-dealkylation sites (tertiary alicyclic amines) is 1. The van der Waals surface area contributed by atoms with Crippen LogP contribution in [0.2, 0.25) is 0 Å². The van der Waals surface area contributed by atoms with Crippen molar-refractivity contribution in [2.75, 3.05) is 19.7 Å². The third kappa shape index (κ3) is 2.74. The molecule has 1 atom stereocenters. The molecule has 1 aliphatic rings. The van der Waals surface area contributed by atoms with Crippen LogP contribution in [-0.2, 0) is 6.54 Å². The number of ether oxygens (including phenoxy) is 1. The van der Waals surface area contributed by atoms with Gasteiger partial charge in [-0.05, 0) is 19.4 Å². The van der Waals surface area contributed by atoms with Crippen LogP contribution < -0.4 is 10.5 Å². The zero-order chi connectivity index (χ0) is 11.4. The summed E-state index contributed by atoms with van der Waals surface area (Å²) in [4.78, 5) is 2.39. The first-order valence-electron chi connectivity index (χ1n) is 5.98. The Morgan fingerprint density at radius 2 is 2.25 bits per heavy atom. The van der Waals surface area contributed by atoms with Crippen LogP contribution in [0.4, 0.5) is 0 Å². The van der Waals surface area contributed by atoms with Crippen LogP contribution in [0.25, 0.3) is 0 Å². The summed E-state index contributed by atoms with van der Waals surface area (Å²) in [6, 6.07) is 8.60. The summed E-state index contributed by atoms with van der Waals surface area (Å²) in [6.45, 7) is 5.78. The maximum Gasteiger partial charge on any atom is 0.123 e. The van der Waals surface area contributed by atoms with Gasteiger partial charge in [0.15, 0.2) is 0 Å². The van der Waals surface area contributed by atoms with E-state index in [0.29, 0.717) is 6.04 Å². The first-order valence-corrected chi connectivity index (χ1v) is 5.98. The SMILES string of the molecule is CCOc1ccccc1CN1CC[C@@H](N)C1. The van der Waals surface area contributed by atoms with E-state index in [4.69, 9.17) is 10.5 Å².